The molecule has 1 N–H and O–H groups in total. The van der Waals surface area contributed by atoms with Gasteiger partial charge in [0.05, 0.1) is 12.9 Å². The van der Waals surface area contributed by atoms with E-state index in [1.54, 1.807) is 0 Å². The fraction of sp³-hybridized carbons (Fsp3) is 0.733. The first-order valence-corrected chi connectivity index (χ1v) is 8.86. The predicted molar refractivity (Wildman–Crippen MR) is 90.9 cm³/mol. The van der Waals surface area contributed by atoms with Crippen LogP contribution in [-0.2, 0) is 6.54 Å². The van der Waals surface area contributed by atoms with Gasteiger partial charge in [0.1, 0.15) is 0 Å². The molecular formula is C15H27N5S. The van der Waals surface area contributed by atoms with Gasteiger partial charge in [-0.3, -0.25) is 4.99 Å². The van der Waals surface area contributed by atoms with Gasteiger partial charge in [-0.2, -0.15) is 11.8 Å². The summed E-state index contributed by atoms with van der Waals surface area (Å²) in [4.78, 5) is 11.3. The molecule has 1 aliphatic heterocycles. The van der Waals surface area contributed by atoms with Gasteiger partial charge >= 0.3 is 0 Å². The Balaban J connectivity index is 1.93. The number of nitrogens with zero attached hydrogens (tertiary/aromatic N) is 4. The van der Waals surface area contributed by atoms with E-state index in [0.717, 1.165) is 38.7 Å². The van der Waals surface area contributed by atoms with Gasteiger partial charge in [-0.05, 0) is 12.8 Å². The summed E-state index contributed by atoms with van der Waals surface area (Å²) in [6, 6.07) is 0. The smallest absolute Gasteiger partial charge is 0.194 e. The highest BCUT2D eigenvalue weighted by atomic mass is 32.2. The van der Waals surface area contributed by atoms with Crippen molar-refractivity contribution in [3.05, 3.63) is 18.7 Å². The highest BCUT2D eigenvalue weighted by molar-refractivity contribution is 8.00. The van der Waals surface area contributed by atoms with Gasteiger partial charge in [-0.1, -0.05) is 13.8 Å². The third-order valence-corrected chi connectivity index (χ3v) is 5.19. The van der Waals surface area contributed by atoms with E-state index in [9.17, 15) is 0 Å². The molecule has 1 atom stereocenters. The van der Waals surface area contributed by atoms with Crippen molar-refractivity contribution in [1.82, 2.24) is 19.8 Å². The van der Waals surface area contributed by atoms with Gasteiger partial charge in [0.2, 0.25) is 0 Å². The summed E-state index contributed by atoms with van der Waals surface area (Å²) in [7, 11) is 0. The molecular weight excluding hydrogens is 282 g/mol. The zero-order valence-electron chi connectivity index (χ0n) is 13.3. The molecule has 1 aromatic rings. The Labute approximate surface area is 132 Å². The highest BCUT2D eigenvalue weighted by Crippen LogP contribution is 2.24. The summed E-state index contributed by atoms with van der Waals surface area (Å²) in [5, 5.41) is 4.14. The molecule has 1 saturated heterocycles. The average Bonchev–Trinajstić information content (AvgIpc) is 3.00. The van der Waals surface area contributed by atoms with Gasteiger partial charge in [-0.15, -0.1) is 0 Å². The molecule has 118 valence electrons. The molecule has 6 heteroatoms. The molecule has 1 fully saturated rings. The first-order chi connectivity index (χ1) is 10.2. The van der Waals surface area contributed by atoms with Gasteiger partial charge in [0, 0.05) is 49.6 Å². The minimum atomic E-state index is 0.705. The van der Waals surface area contributed by atoms with Crippen LogP contribution < -0.4 is 5.32 Å². The Kier molecular flexibility index (Phi) is 6.42. The molecule has 2 rings (SSSR count). The van der Waals surface area contributed by atoms with Crippen molar-refractivity contribution in [1.29, 1.82) is 0 Å². The SMILES string of the molecule is CCNC(=NCCn1ccnc1)N1CCSC(C(C)C)C1. The molecule has 1 unspecified atom stereocenters. The van der Waals surface area contributed by atoms with Crippen LogP contribution in [0.2, 0.25) is 0 Å². The van der Waals surface area contributed by atoms with E-state index < -0.39 is 0 Å². The number of imidazole rings is 1. The molecule has 0 radical (unpaired) electrons. The number of nitrogens with one attached hydrogen (secondary N) is 1. The summed E-state index contributed by atoms with van der Waals surface area (Å²) in [6.45, 7) is 11.5. The fourth-order valence-electron chi connectivity index (χ4n) is 2.39. The van der Waals surface area contributed by atoms with Crippen LogP contribution in [0.4, 0.5) is 0 Å². The summed E-state index contributed by atoms with van der Waals surface area (Å²) in [5.74, 6) is 2.96. The Bertz CT molecular complexity index is 429. The Morgan fingerprint density at radius 3 is 3.05 bits per heavy atom. The molecule has 21 heavy (non-hydrogen) atoms. The second-order valence-corrected chi connectivity index (χ2v) is 6.98. The fourth-order valence-corrected chi connectivity index (χ4v) is 3.69. The number of aromatic nitrogens is 2. The number of aliphatic imine (C=N–C) groups is 1. The summed E-state index contributed by atoms with van der Waals surface area (Å²) in [5.41, 5.74) is 0. The standard InChI is InChI=1S/C15H27N5S/c1-4-17-15(18-6-8-19-7-5-16-12-19)20-9-10-21-14(11-20)13(2)3/h5,7,12-14H,4,6,8-11H2,1-3H3,(H,17,18). The number of hydrogen-bond acceptors (Lipinski definition) is 3. The molecule has 0 bridgehead atoms. The van der Waals surface area contributed by atoms with E-state index in [0.29, 0.717) is 11.2 Å². The van der Waals surface area contributed by atoms with Crippen molar-refractivity contribution in [2.45, 2.75) is 32.6 Å². The van der Waals surface area contributed by atoms with Crippen molar-refractivity contribution < 1.29 is 0 Å². The van der Waals surface area contributed by atoms with E-state index in [1.165, 1.54) is 5.75 Å². The zero-order valence-corrected chi connectivity index (χ0v) is 14.1. The van der Waals surface area contributed by atoms with Crippen LogP contribution in [0.1, 0.15) is 20.8 Å². The average molecular weight is 309 g/mol. The van der Waals surface area contributed by atoms with Crippen LogP contribution in [0.15, 0.2) is 23.7 Å². The van der Waals surface area contributed by atoms with Crippen LogP contribution in [-0.4, -0.2) is 57.6 Å². The van der Waals surface area contributed by atoms with E-state index in [1.807, 2.05) is 18.7 Å². The first kappa shape index (κ1) is 16.2. The quantitative estimate of drug-likeness (QED) is 0.667. The monoisotopic (exact) mass is 309 g/mol. The van der Waals surface area contributed by atoms with E-state index in [-0.39, 0.29) is 0 Å². The molecule has 0 aromatic carbocycles. The number of thioether (sulfide) groups is 1. The third-order valence-electron chi connectivity index (χ3n) is 3.65. The minimum Gasteiger partial charge on any atom is -0.357 e. The number of hydrogen-bond donors (Lipinski definition) is 1. The lowest BCUT2D eigenvalue weighted by Gasteiger charge is -2.36. The molecule has 0 aliphatic carbocycles. The Morgan fingerprint density at radius 1 is 1.52 bits per heavy atom. The van der Waals surface area contributed by atoms with Crippen molar-refractivity contribution in [3.8, 4) is 0 Å². The van der Waals surface area contributed by atoms with Crippen molar-refractivity contribution in [2.75, 3.05) is 31.9 Å². The second-order valence-electron chi connectivity index (χ2n) is 5.64. The first-order valence-electron chi connectivity index (χ1n) is 7.81. The molecule has 1 aromatic heterocycles. The molecule has 1 aliphatic rings. The van der Waals surface area contributed by atoms with Crippen LogP contribution in [0.3, 0.4) is 0 Å². The summed E-state index contributed by atoms with van der Waals surface area (Å²) >= 11 is 2.10. The van der Waals surface area contributed by atoms with E-state index >= 15 is 0 Å². The van der Waals surface area contributed by atoms with Crippen LogP contribution in [0.25, 0.3) is 0 Å². The predicted octanol–water partition coefficient (Wildman–Crippen LogP) is 1.92. The van der Waals surface area contributed by atoms with Gasteiger partial charge in [-0.25, -0.2) is 4.98 Å². The Morgan fingerprint density at radius 2 is 2.38 bits per heavy atom. The van der Waals surface area contributed by atoms with Gasteiger partial charge in [0.25, 0.3) is 0 Å². The largest absolute Gasteiger partial charge is 0.357 e. The Hall–Kier alpha value is -1.17. The van der Waals surface area contributed by atoms with Crippen LogP contribution in [0, 0.1) is 5.92 Å². The van der Waals surface area contributed by atoms with Gasteiger partial charge in [0.15, 0.2) is 5.96 Å². The molecule has 5 nitrogen and oxygen atoms in total. The van der Waals surface area contributed by atoms with E-state index in [4.69, 9.17) is 4.99 Å². The highest BCUT2D eigenvalue weighted by Gasteiger charge is 2.24. The maximum Gasteiger partial charge on any atom is 0.194 e. The summed E-state index contributed by atoms with van der Waals surface area (Å²) in [6.07, 6.45) is 5.63. The lowest BCUT2D eigenvalue weighted by molar-refractivity contribution is 0.380. The molecule has 0 amide bonds. The lowest BCUT2D eigenvalue weighted by Crippen LogP contribution is -2.49. The topological polar surface area (TPSA) is 45.5 Å². The maximum atomic E-state index is 4.78. The lowest BCUT2D eigenvalue weighted by atomic mass is 10.1. The van der Waals surface area contributed by atoms with Gasteiger partial charge < -0.3 is 14.8 Å². The molecule has 0 spiro atoms. The summed E-state index contributed by atoms with van der Waals surface area (Å²) < 4.78 is 2.07. The third kappa shape index (κ3) is 4.95. The number of guanidine groups is 1. The maximum absolute atomic E-state index is 4.78. The van der Waals surface area contributed by atoms with Crippen LogP contribution >= 0.6 is 11.8 Å². The molecule has 2 heterocycles. The van der Waals surface area contributed by atoms with Crippen molar-refractivity contribution in [2.24, 2.45) is 10.9 Å². The number of rotatable bonds is 5. The molecule has 0 saturated carbocycles. The van der Waals surface area contributed by atoms with Crippen LogP contribution in [0.5, 0.6) is 0 Å². The second kappa shape index (κ2) is 8.32. The normalized spacial score (nSPS) is 20.1. The van der Waals surface area contributed by atoms with Crippen molar-refractivity contribution in [3.63, 3.8) is 0 Å². The van der Waals surface area contributed by atoms with E-state index in [2.05, 4.69) is 52.3 Å². The van der Waals surface area contributed by atoms with Crippen molar-refractivity contribution >= 4 is 17.7 Å². The zero-order chi connectivity index (χ0) is 15.1. The minimum absolute atomic E-state index is 0.705.